The Morgan fingerprint density at radius 2 is 0.611 bits per heavy atom. The first kappa shape index (κ1) is 28.8. The second kappa shape index (κ2) is 16.1. The molecule has 18 heavy (non-hydrogen) atoms. The van der Waals surface area contributed by atoms with Gasteiger partial charge in [0.1, 0.15) is 0 Å². The maximum atomic E-state index is 7.56. The summed E-state index contributed by atoms with van der Waals surface area (Å²) in [7, 11) is 0. The SMILES string of the molecule is C.C1CCCCC1.OP(O)(O)=S.OP(O)(O)=S.[KH]. The summed E-state index contributed by atoms with van der Waals surface area (Å²) in [6.45, 7) is -7.61. The molecule has 11 heteroatoms. The van der Waals surface area contributed by atoms with Crippen molar-refractivity contribution in [2.45, 2.75) is 46.0 Å². The average molecular weight is 368 g/mol. The van der Waals surface area contributed by atoms with E-state index in [4.69, 9.17) is 29.4 Å². The van der Waals surface area contributed by atoms with Crippen molar-refractivity contribution >= 4 is 88.4 Å². The Balaban J connectivity index is -0.0000000781. The zero-order valence-electron chi connectivity index (χ0n) is 8.64. The Kier molecular flexibility index (Phi) is 25.7. The fourth-order valence-electron chi connectivity index (χ4n) is 1.06. The molecule has 0 amide bonds. The summed E-state index contributed by atoms with van der Waals surface area (Å²) >= 11 is 7.21. The van der Waals surface area contributed by atoms with Crippen LogP contribution in [0.4, 0.5) is 0 Å². The van der Waals surface area contributed by atoms with Crippen LogP contribution >= 0.6 is 13.4 Å². The predicted octanol–water partition coefficient (Wildman–Crippen LogP) is 0.704. The summed E-state index contributed by atoms with van der Waals surface area (Å²) in [5.41, 5.74) is 0. The van der Waals surface area contributed by atoms with Gasteiger partial charge in [-0.2, -0.15) is 0 Å². The minimum atomic E-state index is -3.81. The Bertz CT molecular complexity index is 204. The number of rotatable bonds is 0. The molecule has 0 bridgehead atoms. The van der Waals surface area contributed by atoms with E-state index in [1.54, 1.807) is 0 Å². The molecule has 110 valence electrons. The Hall–Kier alpha value is 2.70. The molecule has 0 aromatic heterocycles. The van der Waals surface area contributed by atoms with Gasteiger partial charge in [-0.05, 0) is 23.6 Å². The van der Waals surface area contributed by atoms with Crippen LogP contribution in [0.2, 0.25) is 0 Å². The van der Waals surface area contributed by atoms with Gasteiger partial charge in [-0.25, -0.2) is 0 Å². The Labute approximate surface area is 161 Å². The third-order valence-electron chi connectivity index (χ3n) is 1.50. The molecule has 1 rings (SSSR count). The molecule has 1 saturated carbocycles. The minimum absolute atomic E-state index is 0. The topological polar surface area (TPSA) is 121 Å². The van der Waals surface area contributed by atoms with Crippen LogP contribution in [0.15, 0.2) is 0 Å². The molecular formula is C7H23KO6P2S2. The summed E-state index contributed by atoms with van der Waals surface area (Å²) in [4.78, 5) is 45.3. The Morgan fingerprint density at radius 3 is 0.667 bits per heavy atom. The van der Waals surface area contributed by atoms with E-state index in [1.807, 2.05) is 0 Å². The molecule has 1 aliphatic carbocycles. The fourth-order valence-corrected chi connectivity index (χ4v) is 1.06. The monoisotopic (exact) mass is 368 g/mol. The quantitative estimate of drug-likeness (QED) is 0.273. The third kappa shape index (κ3) is 77.4. The normalized spacial score (nSPS) is 14.6. The second-order valence-corrected chi connectivity index (χ2v) is 8.14. The van der Waals surface area contributed by atoms with Crippen LogP contribution in [0, 0.1) is 0 Å². The number of hydrogen-bond acceptors (Lipinski definition) is 2. The zero-order chi connectivity index (χ0) is 13.2. The standard InChI is InChI=1S/C6H12.CH4.K.2H3O3PS.H/c1-2-4-6-5-3-1;;;2*1-4(2,3)5;/h1-6H2;1H4;;2*(H3,1,2,3,5);. The molecule has 0 spiro atoms. The predicted molar refractivity (Wildman–Crippen MR) is 83.5 cm³/mol. The van der Waals surface area contributed by atoms with Gasteiger partial charge in [0.15, 0.2) is 0 Å². The molecule has 0 aromatic carbocycles. The average Bonchev–Trinajstić information content (AvgIpc) is 2.01. The third-order valence-corrected chi connectivity index (χ3v) is 1.50. The first-order valence-electron chi connectivity index (χ1n) is 4.57. The van der Waals surface area contributed by atoms with Crippen molar-refractivity contribution in [2.75, 3.05) is 0 Å². The van der Waals surface area contributed by atoms with E-state index >= 15 is 0 Å². The van der Waals surface area contributed by atoms with E-state index in [-0.39, 0.29) is 58.8 Å². The van der Waals surface area contributed by atoms with Gasteiger partial charge in [-0.1, -0.05) is 46.0 Å². The Morgan fingerprint density at radius 1 is 0.556 bits per heavy atom. The van der Waals surface area contributed by atoms with Crippen molar-refractivity contribution in [3.05, 3.63) is 0 Å². The zero-order valence-corrected chi connectivity index (χ0v) is 12.1. The van der Waals surface area contributed by atoms with Gasteiger partial charge < -0.3 is 29.4 Å². The fraction of sp³-hybridized carbons (Fsp3) is 1.00. The van der Waals surface area contributed by atoms with E-state index in [0.29, 0.717) is 0 Å². The van der Waals surface area contributed by atoms with Crippen molar-refractivity contribution in [1.82, 2.24) is 0 Å². The van der Waals surface area contributed by atoms with E-state index in [1.165, 1.54) is 38.5 Å². The van der Waals surface area contributed by atoms with E-state index in [9.17, 15) is 0 Å². The molecule has 0 saturated heterocycles. The van der Waals surface area contributed by atoms with E-state index in [0.717, 1.165) is 0 Å². The number of hydrogen-bond donors (Lipinski definition) is 6. The van der Waals surface area contributed by atoms with Crippen molar-refractivity contribution < 1.29 is 29.4 Å². The van der Waals surface area contributed by atoms with Gasteiger partial charge in [0.2, 0.25) is 0 Å². The molecule has 0 radical (unpaired) electrons. The maximum absolute atomic E-state index is 7.56. The van der Waals surface area contributed by atoms with Crippen molar-refractivity contribution in [1.29, 1.82) is 0 Å². The summed E-state index contributed by atoms with van der Waals surface area (Å²) in [6, 6.07) is 0. The molecule has 0 atom stereocenters. The first-order valence-corrected chi connectivity index (χ1v) is 9.89. The van der Waals surface area contributed by atoms with Crippen LogP contribution in [0.3, 0.4) is 0 Å². The molecule has 0 unspecified atom stereocenters. The van der Waals surface area contributed by atoms with E-state index in [2.05, 4.69) is 23.6 Å². The molecule has 1 aliphatic rings. The van der Waals surface area contributed by atoms with Crippen molar-refractivity contribution in [3.8, 4) is 0 Å². The molecular weight excluding hydrogens is 345 g/mol. The first-order chi connectivity index (χ1) is 7.00. The van der Waals surface area contributed by atoms with Crippen LogP contribution in [-0.4, -0.2) is 80.7 Å². The molecule has 0 aliphatic heterocycles. The van der Waals surface area contributed by atoms with Gasteiger partial charge in [-0.15, -0.1) is 0 Å². The van der Waals surface area contributed by atoms with Crippen LogP contribution in [0.1, 0.15) is 46.0 Å². The van der Waals surface area contributed by atoms with Crippen LogP contribution in [0.5, 0.6) is 0 Å². The van der Waals surface area contributed by atoms with E-state index < -0.39 is 13.4 Å². The molecule has 0 heterocycles. The van der Waals surface area contributed by atoms with Gasteiger partial charge >= 0.3 is 64.8 Å². The summed E-state index contributed by atoms with van der Waals surface area (Å²) < 4.78 is 0. The van der Waals surface area contributed by atoms with Crippen LogP contribution in [0.25, 0.3) is 0 Å². The molecule has 0 aromatic rings. The van der Waals surface area contributed by atoms with Gasteiger partial charge in [-0.3, -0.25) is 0 Å². The van der Waals surface area contributed by atoms with Gasteiger partial charge in [0.25, 0.3) is 0 Å². The molecule has 6 nitrogen and oxygen atoms in total. The molecule has 1 fully saturated rings. The summed E-state index contributed by atoms with van der Waals surface area (Å²) in [6.07, 6.45) is 9.00. The van der Waals surface area contributed by atoms with Gasteiger partial charge in [0.05, 0.1) is 0 Å². The summed E-state index contributed by atoms with van der Waals surface area (Å²) in [5, 5.41) is 0. The summed E-state index contributed by atoms with van der Waals surface area (Å²) in [5.74, 6) is 0. The van der Waals surface area contributed by atoms with Gasteiger partial charge in [0, 0.05) is 0 Å². The van der Waals surface area contributed by atoms with Crippen LogP contribution in [-0.2, 0) is 23.6 Å². The van der Waals surface area contributed by atoms with Crippen molar-refractivity contribution in [2.24, 2.45) is 0 Å². The second-order valence-electron chi connectivity index (χ2n) is 3.15. The van der Waals surface area contributed by atoms with Crippen LogP contribution < -0.4 is 0 Å². The molecule has 6 N–H and O–H groups in total. The van der Waals surface area contributed by atoms with Crippen molar-refractivity contribution in [3.63, 3.8) is 0 Å².